The first kappa shape index (κ1) is 22.3. The number of carbonyl (C=O) groups excluding carboxylic acids is 2. The molecule has 0 bridgehead atoms. The van der Waals surface area contributed by atoms with Gasteiger partial charge in [-0.15, -0.1) is 0 Å². The highest BCUT2D eigenvalue weighted by atomic mass is 16.5. The summed E-state index contributed by atoms with van der Waals surface area (Å²) < 4.78 is 0. The van der Waals surface area contributed by atoms with Crippen molar-refractivity contribution >= 4 is 17.8 Å². The Morgan fingerprint density at radius 1 is 1.21 bits per heavy atom. The fourth-order valence-corrected chi connectivity index (χ4v) is 3.43. The summed E-state index contributed by atoms with van der Waals surface area (Å²) in [6, 6.07) is 11.7. The maximum Gasteiger partial charge on any atom is 0.321 e. The number of β-lactam (4-membered cyclic amide) rings is 1. The number of pyridine rings is 1. The highest BCUT2D eigenvalue weighted by molar-refractivity contribution is 6.01. The molecule has 2 aromatic rings. The minimum absolute atomic E-state index is 0.219. The van der Waals surface area contributed by atoms with Gasteiger partial charge in [0.25, 0.3) is 0 Å². The second-order valence-electron chi connectivity index (χ2n) is 7.22. The fourth-order valence-electron chi connectivity index (χ4n) is 3.43. The number of likely N-dealkylation sites (tertiary alicyclic amines) is 1. The summed E-state index contributed by atoms with van der Waals surface area (Å²) in [6.07, 6.45) is 4.16. The molecule has 1 unspecified atom stereocenters. The molecular formula is C21H28N4O4. The van der Waals surface area contributed by atoms with Crippen molar-refractivity contribution in [2.45, 2.75) is 44.9 Å². The Morgan fingerprint density at radius 2 is 1.86 bits per heavy atom. The van der Waals surface area contributed by atoms with Crippen LogP contribution in [-0.4, -0.2) is 43.9 Å². The molecule has 29 heavy (non-hydrogen) atoms. The number of carbonyl (C=O) groups is 2. The van der Waals surface area contributed by atoms with Gasteiger partial charge in [-0.2, -0.15) is 0 Å². The molecule has 1 saturated heterocycles. The largest absolute Gasteiger partial charge is 0.384 e. The zero-order valence-corrected chi connectivity index (χ0v) is 16.7. The Bertz CT molecular complexity index is 836. The van der Waals surface area contributed by atoms with Crippen LogP contribution in [0.1, 0.15) is 31.4 Å². The number of aliphatic hydroxyl groups is 2. The molecule has 8 nitrogen and oxygen atoms in total. The van der Waals surface area contributed by atoms with Crippen molar-refractivity contribution in [2.75, 3.05) is 5.73 Å². The van der Waals surface area contributed by atoms with E-state index in [9.17, 15) is 19.8 Å². The maximum atomic E-state index is 11.9. The zero-order chi connectivity index (χ0) is 21.6. The van der Waals surface area contributed by atoms with Crippen LogP contribution in [0, 0.1) is 5.92 Å². The third-order valence-electron chi connectivity index (χ3n) is 4.69. The fraction of sp³-hybridized carbons (Fsp3) is 0.381. The number of aryl methyl sites for hydroxylation is 1. The molecule has 8 heteroatoms. The monoisotopic (exact) mass is 400 g/mol. The summed E-state index contributed by atoms with van der Waals surface area (Å²) in [4.78, 5) is 27.6. The number of amides is 3. The van der Waals surface area contributed by atoms with Gasteiger partial charge in [-0.3, -0.25) is 9.69 Å². The Labute approximate surface area is 170 Å². The molecule has 6 N–H and O–H groups in total. The SMILES string of the molecule is CC(O)(O)C1[C@@H](Cc2ccnc(N)c2)C(=O)N1C(N)=O.CCCc1ccccc1. The smallest absolute Gasteiger partial charge is 0.321 e. The lowest BCUT2D eigenvalue weighted by molar-refractivity contribution is -0.224. The van der Waals surface area contributed by atoms with Gasteiger partial charge in [-0.25, -0.2) is 9.78 Å². The van der Waals surface area contributed by atoms with Gasteiger partial charge < -0.3 is 21.7 Å². The summed E-state index contributed by atoms with van der Waals surface area (Å²) in [7, 11) is 0. The molecule has 2 heterocycles. The second-order valence-corrected chi connectivity index (χ2v) is 7.22. The quantitative estimate of drug-likeness (QED) is 0.442. The van der Waals surface area contributed by atoms with Gasteiger partial charge in [0.15, 0.2) is 5.79 Å². The third-order valence-corrected chi connectivity index (χ3v) is 4.69. The van der Waals surface area contributed by atoms with Gasteiger partial charge >= 0.3 is 6.03 Å². The van der Waals surface area contributed by atoms with Gasteiger partial charge in [-0.05, 0) is 43.0 Å². The molecule has 3 amide bonds. The standard InChI is InChI=1S/C12H16N4O4.C9H12/c1-12(19,20)9-7(10(17)16(9)11(14)18)4-6-2-3-15-8(13)5-6;1-2-6-9-7-4-3-5-8-9/h2-3,5,7,9,19-20H,4H2,1H3,(H2,13,15)(H2,14,18);3-5,7-8H,2,6H2,1H3/t7-,9?;/m1./s1. The predicted molar refractivity (Wildman–Crippen MR) is 109 cm³/mol. The maximum absolute atomic E-state index is 11.9. The number of anilines is 1. The van der Waals surface area contributed by atoms with Crippen LogP contribution >= 0.6 is 0 Å². The first-order valence-electron chi connectivity index (χ1n) is 9.46. The van der Waals surface area contributed by atoms with Gasteiger partial charge in [-0.1, -0.05) is 43.7 Å². The summed E-state index contributed by atoms with van der Waals surface area (Å²) in [5, 5.41) is 19.4. The van der Waals surface area contributed by atoms with E-state index in [0.29, 0.717) is 16.3 Å². The van der Waals surface area contributed by atoms with Crippen molar-refractivity contribution in [1.29, 1.82) is 0 Å². The van der Waals surface area contributed by atoms with E-state index in [1.54, 1.807) is 12.1 Å². The van der Waals surface area contributed by atoms with E-state index >= 15 is 0 Å². The number of benzene rings is 1. The summed E-state index contributed by atoms with van der Waals surface area (Å²) in [6.45, 7) is 3.31. The van der Waals surface area contributed by atoms with Gasteiger partial charge in [0.05, 0.1) is 5.92 Å². The number of primary amides is 1. The van der Waals surface area contributed by atoms with Crippen molar-refractivity contribution in [3.05, 3.63) is 59.8 Å². The van der Waals surface area contributed by atoms with Gasteiger partial charge in [0.2, 0.25) is 5.91 Å². The van der Waals surface area contributed by atoms with Crippen LogP contribution in [-0.2, 0) is 17.6 Å². The molecular weight excluding hydrogens is 372 g/mol. The molecule has 0 aliphatic carbocycles. The lowest BCUT2D eigenvalue weighted by atomic mass is 9.78. The highest BCUT2D eigenvalue weighted by Crippen LogP contribution is 2.35. The minimum atomic E-state index is -2.22. The average Bonchev–Trinajstić information content (AvgIpc) is 2.64. The first-order valence-corrected chi connectivity index (χ1v) is 9.46. The van der Waals surface area contributed by atoms with Crippen molar-refractivity contribution < 1.29 is 19.8 Å². The van der Waals surface area contributed by atoms with Crippen molar-refractivity contribution in [3.63, 3.8) is 0 Å². The molecule has 1 aromatic heterocycles. The van der Waals surface area contributed by atoms with E-state index in [-0.39, 0.29) is 6.42 Å². The van der Waals surface area contributed by atoms with E-state index in [1.165, 1.54) is 24.6 Å². The molecule has 1 aliphatic heterocycles. The molecule has 0 saturated carbocycles. The van der Waals surface area contributed by atoms with Crippen LogP contribution in [0.5, 0.6) is 0 Å². The van der Waals surface area contributed by atoms with Crippen LogP contribution in [0.15, 0.2) is 48.7 Å². The molecule has 1 aliphatic rings. The lowest BCUT2D eigenvalue weighted by Gasteiger charge is -2.49. The third kappa shape index (κ3) is 5.75. The van der Waals surface area contributed by atoms with E-state index in [1.807, 2.05) is 0 Å². The summed E-state index contributed by atoms with van der Waals surface area (Å²) in [5.41, 5.74) is 12.8. The highest BCUT2D eigenvalue weighted by Gasteiger charge is 2.57. The lowest BCUT2D eigenvalue weighted by Crippen LogP contribution is -2.72. The van der Waals surface area contributed by atoms with E-state index in [0.717, 1.165) is 6.92 Å². The first-order chi connectivity index (χ1) is 13.6. The van der Waals surface area contributed by atoms with E-state index < -0.39 is 29.7 Å². The Balaban J connectivity index is 0.000000278. The number of hydrogen-bond donors (Lipinski definition) is 4. The summed E-state index contributed by atoms with van der Waals surface area (Å²) >= 11 is 0. The Kier molecular flexibility index (Phi) is 7.30. The van der Waals surface area contributed by atoms with Crippen molar-refractivity contribution in [3.8, 4) is 0 Å². The van der Waals surface area contributed by atoms with Gasteiger partial charge in [0, 0.05) is 6.20 Å². The van der Waals surface area contributed by atoms with Gasteiger partial charge in [0.1, 0.15) is 11.9 Å². The minimum Gasteiger partial charge on any atom is -0.384 e. The number of aromatic nitrogens is 1. The molecule has 3 rings (SSSR count). The molecule has 0 radical (unpaired) electrons. The summed E-state index contributed by atoms with van der Waals surface area (Å²) in [5.74, 6) is -3.20. The topological polar surface area (TPSA) is 143 Å². The van der Waals surface area contributed by atoms with E-state index in [4.69, 9.17) is 11.5 Å². The molecule has 1 fully saturated rings. The van der Waals surface area contributed by atoms with Crippen molar-refractivity contribution in [1.82, 2.24) is 9.88 Å². The average molecular weight is 400 g/mol. The number of nitrogens with two attached hydrogens (primary N) is 2. The number of nitrogen functional groups attached to an aromatic ring is 1. The molecule has 1 aromatic carbocycles. The van der Waals surface area contributed by atoms with Crippen LogP contribution in [0.4, 0.5) is 10.6 Å². The van der Waals surface area contributed by atoms with Crippen LogP contribution in [0.3, 0.4) is 0 Å². The molecule has 0 spiro atoms. The van der Waals surface area contributed by atoms with E-state index in [2.05, 4.69) is 42.2 Å². The zero-order valence-electron chi connectivity index (χ0n) is 16.7. The number of hydrogen-bond acceptors (Lipinski definition) is 6. The number of imide groups is 1. The normalized spacial score (nSPS) is 18.5. The van der Waals surface area contributed by atoms with Crippen LogP contribution in [0.25, 0.3) is 0 Å². The van der Waals surface area contributed by atoms with Crippen LogP contribution in [0.2, 0.25) is 0 Å². The number of rotatable bonds is 5. The second kappa shape index (κ2) is 9.49. The Hall–Kier alpha value is -2.97. The molecule has 156 valence electrons. The van der Waals surface area contributed by atoms with Crippen molar-refractivity contribution in [2.24, 2.45) is 11.7 Å². The number of nitrogens with zero attached hydrogens (tertiary/aromatic N) is 2. The van der Waals surface area contributed by atoms with Crippen LogP contribution < -0.4 is 11.5 Å². The molecule has 2 atom stereocenters. The predicted octanol–water partition coefficient (Wildman–Crippen LogP) is 1.45. The number of urea groups is 1. The Morgan fingerprint density at radius 3 is 2.38 bits per heavy atom.